The van der Waals surface area contributed by atoms with Gasteiger partial charge < -0.3 is 9.84 Å². The molecule has 3 aromatic rings. The fourth-order valence-electron chi connectivity index (χ4n) is 2.36. The number of aromatic nitrogens is 2. The molecule has 1 aromatic carbocycles. The van der Waals surface area contributed by atoms with E-state index in [1.54, 1.807) is 7.11 Å². The predicted octanol–water partition coefficient (Wildman–Crippen LogP) is 4.78. The summed E-state index contributed by atoms with van der Waals surface area (Å²) in [7, 11) is 1.63. The molecule has 2 aromatic heterocycles. The normalized spacial score (nSPS) is 10.8. The zero-order valence-corrected chi connectivity index (χ0v) is 15.5. The van der Waals surface area contributed by atoms with Crippen LogP contribution in [0.3, 0.4) is 0 Å². The lowest BCUT2D eigenvalue weighted by atomic mass is 10.1. The molecule has 0 atom stereocenters. The summed E-state index contributed by atoms with van der Waals surface area (Å²) in [6.45, 7) is 0. The zero-order valence-electron chi connectivity index (χ0n) is 13.9. The Labute approximate surface area is 159 Å². The first-order valence-electron chi connectivity index (χ1n) is 7.74. The molecule has 1 N–H and O–H groups in total. The van der Waals surface area contributed by atoms with Crippen molar-refractivity contribution >= 4 is 34.1 Å². The average molecular weight is 411 g/mol. The number of pyridine rings is 2. The molecule has 0 bridgehead atoms. The SMILES string of the molecule is COc1ccc(C=Cc2cc(Br)nc(-c3cc(C(=O)O)ccn3)c2)cc1. The molecular weight excluding hydrogens is 396 g/mol. The number of ether oxygens (including phenoxy) is 1. The molecule has 0 aliphatic carbocycles. The Bertz CT molecular complexity index is 969. The number of halogens is 1. The van der Waals surface area contributed by atoms with Crippen molar-refractivity contribution in [2.45, 2.75) is 0 Å². The van der Waals surface area contributed by atoms with Gasteiger partial charge in [0, 0.05) is 6.20 Å². The second-order valence-electron chi connectivity index (χ2n) is 5.45. The maximum Gasteiger partial charge on any atom is 0.335 e. The Kier molecular flexibility index (Phi) is 5.43. The van der Waals surface area contributed by atoms with Gasteiger partial charge in [-0.15, -0.1) is 0 Å². The van der Waals surface area contributed by atoms with Crippen LogP contribution in [0, 0.1) is 0 Å². The summed E-state index contributed by atoms with van der Waals surface area (Å²) in [5.74, 6) is -0.191. The van der Waals surface area contributed by atoms with Gasteiger partial charge >= 0.3 is 5.97 Å². The molecule has 0 amide bonds. The van der Waals surface area contributed by atoms with Crippen LogP contribution >= 0.6 is 15.9 Å². The Morgan fingerprint density at radius 1 is 1.04 bits per heavy atom. The van der Waals surface area contributed by atoms with Gasteiger partial charge in [-0.1, -0.05) is 24.3 Å². The van der Waals surface area contributed by atoms with E-state index in [1.807, 2.05) is 48.6 Å². The van der Waals surface area contributed by atoms with Crippen LogP contribution < -0.4 is 4.74 Å². The molecule has 0 fully saturated rings. The fraction of sp³-hybridized carbons (Fsp3) is 0.0500. The van der Waals surface area contributed by atoms with Crippen molar-refractivity contribution in [1.29, 1.82) is 0 Å². The first kappa shape index (κ1) is 17.8. The highest BCUT2D eigenvalue weighted by Gasteiger charge is 2.08. The van der Waals surface area contributed by atoms with Gasteiger partial charge in [0.25, 0.3) is 0 Å². The summed E-state index contributed by atoms with van der Waals surface area (Å²) in [6.07, 6.45) is 5.40. The van der Waals surface area contributed by atoms with Gasteiger partial charge in [0.2, 0.25) is 0 Å². The van der Waals surface area contributed by atoms with E-state index in [0.717, 1.165) is 16.9 Å². The van der Waals surface area contributed by atoms with Gasteiger partial charge in [-0.2, -0.15) is 0 Å². The largest absolute Gasteiger partial charge is 0.497 e. The highest BCUT2D eigenvalue weighted by molar-refractivity contribution is 9.10. The monoisotopic (exact) mass is 410 g/mol. The van der Waals surface area contributed by atoms with Crippen molar-refractivity contribution in [3.05, 3.63) is 76.0 Å². The number of carboxylic acid groups (broad SMARTS) is 1. The third-order valence-electron chi connectivity index (χ3n) is 3.67. The minimum Gasteiger partial charge on any atom is -0.497 e. The van der Waals surface area contributed by atoms with Gasteiger partial charge in [-0.05, 0) is 63.5 Å². The molecular formula is C20H15BrN2O3. The second kappa shape index (κ2) is 7.93. The lowest BCUT2D eigenvalue weighted by molar-refractivity contribution is 0.0697. The molecule has 5 nitrogen and oxygen atoms in total. The smallest absolute Gasteiger partial charge is 0.335 e. The summed E-state index contributed by atoms with van der Waals surface area (Å²) in [4.78, 5) is 19.8. The summed E-state index contributed by atoms with van der Waals surface area (Å²) in [6, 6.07) is 14.4. The molecule has 3 rings (SSSR count). The van der Waals surface area contributed by atoms with Crippen molar-refractivity contribution in [3.8, 4) is 17.1 Å². The zero-order chi connectivity index (χ0) is 18.5. The number of carboxylic acids is 1. The van der Waals surface area contributed by atoms with Gasteiger partial charge in [-0.3, -0.25) is 4.98 Å². The average Bonchev–Trinajstić information content (AvgIpc) is 2.66. The lowest BCUT2D eigenvalue weighted by Gasteiger charge is -2.04. The van der Waals surface area contributed by atoms with Crippen LogP contribution in [0.2, 0.25) is 0 Å². The van der Waals surface area contributed by atoms with E-state index in [0.29, 0.717) is 16.0 Å². The second-order valence-corrected chi connectivity index (χ2v) is 6.26. The fourth-order valence-corrected chi connectivity index (χ4v) is 2.81. The first-order chi connectivity index (χ1) is 12.5. The number of methoxy groups -OCH3 is 1. The van der Waals surface area contributed by atoms with Crippen molar-refractivity contribution in [1.82, 2.24) is 9.97 Å². The molecule has 0 saturated heterocycles. The van der Waals surface area contributed by atoms with E-state index in [9.17, 15) is 4.79 Å². The number of benzene rings is 1. The standard InChI is InChI=1S/C20H15BrN2O3/c1-26-16-6-4-13(5-7-16)2-3-14-10-18(23-19(21)11-14)17-12-15(20(24)25)8-9-22-17/h2-12H,1H3,(H,24,25). The highest BCUT2D eigenvalue weighted by atomic mass is 79.9. The number of carbonyl (C=O) groups is 1. The third-order valence-corrected chi connectivity index (χ3v) is 4.08. The molecule has 6 heteroatoms. The van der Waals surface area contributed by atoms with Crippen LogP contribution in [0.5, 0.6) is 5.75 Å². The molecule has 26 heavy (non-hydrogen) atoms. The van der Waals surface area contributed by atoms with Crippen LogP contribution in [-0.4, -0.2) is 28.2 Å². The lowest BCUT2D eigenvalue weighted by Crippen LogP contribution is -1.98. The topological polar surface area (TPSA) is 72.3 Å². The third kappa shape index (κ3) is 4.34. The van der Waals surface area contributed by atoms with E-state index < -0.39 is 5.97 Å². The molecule has 0 aliphatic rings. The van der Waals surface area contributed by atoms with Crippen molar-refractivity contribution in [2.75, 3.05) is 7.11 Å². The van der Waals surface area contributed by atoms with Crippen molar-refractivity contribution in [2.24, 2.45) is 0 Å². The summed E-state index contributed by atoms with van der Waals surface area (Å²) in [5, 5.41) is 9.14. The van der Waals surface area contributed by atoms with Crippen molar-refractivity contribution in [3.63, 3.8) is 0 Å². The van der Waals surface area contributed by atoms with E-state index in [1.165, 1.54) is 18.3 Å². The van der Waals surface area contributed by atoms with E-state index in [2.05, 4.69) is 25.9 Å². The summed E-state index contributed by atoms with van der Waals surface area (Å²) >= 11 is 3.40. The van der Waals surface area contributed by atoms with E-state index in [-0.39, 0.29) is 5.56 Å². The molecule has 0 spiro atoms. The number of hydrogen-bond donors (Lipinski definition) is 1. The first-order valence-corrected chi connectivity index (χ1v) is 8.54. The van der Waals surface area contributed by atoms with Gasteiger partial charge in [-0.25, -0.2) is 9.78 Å². The van der Waals surface area contributed by atoms with Gasteiger partial charge in [0.05, 0.1) is 24.1 Å². The minimum absolute atomic E-state index is 0.173. The van der Waals surface area contributed by atoms with Crippen LogP contribution in [0.4, 0.5) is 0 Å². The number of rotatable bonds is 5. The Morgan fingerprint density at radius 2 is 1.77 bits per heavy atom. The van der Waals surface area contributed by atoms with Gasteiger partial charge in [0.1, 0.15) is 10.4 Å². The minimum atomic E-state index is -0.997. The Hall–Kier alpha value is -2.99. The Balaban J connectivity index is 1.91. The van der Waals surface area contributed by atoms with E-state index >= 15 is 0 Å². The van der Waals surface area contributed by atoms with E-state index in [4.69, 9.17) is 9.84 Å². The number of aromatic carboxylic acids is 1. The molecule has 0 aliphatic heterocycles. The summed E-state index contributed by atoms with van der Waals surface area (Å²) < 4.78 is 5.80. The highest BCUT2D eigenvalue weighted by Crippen LogP contribution is 2.22. The maximum absolute atomic E-state index is 11.1. The van der Waals surface area contributed by atoms with Crippen LogP contribution in [-0.2, 0) is 0 Å². The molecule has 2 heterocycles. The number of nitrogens with zero attached hydrogens (tertiary/aromatic N) is 2. The molecule has 0 unspecified atom stereocenters. The van der Waals surface area contributed by atoms with Crippen LogP contribution in [0.1, 0.15) is 21.5 Å². The van der Waals surface area contributed by atoms with Crippen LogP contribution in [0.25, 0.3) is 23.5 Å². The van der Waals surface area contributed by atoms with Gasteiger partial charge in [0.15, 0.2) is 0 Å². The number of hydrogen-bond acceptors (Lipinski definition) is 4. The Morgan fingerprint density at radius 3 is 2.46 bits per heavy atom. The summed E-state index contributed by atoms with van der Waals surface area (Å²) in [5.41, 5.74) is 3.22. The predicted molar refractivity (Wildman–Crippen MR) is 104 cm³/mol. The molecule has 0 radical (unpaired) electrons. The van der Waals surface area contributed by atoms with Crippen molar-refractivity contribution < 1.29 is 14.6 Å². The molecule has 0 saturated carbocycles. The molecule has 130 valence electrons. The quantitative estimate of drug-likeness (QED) is 0.612. The van der Waals surface area contributed by atoms with Crippen LogP contribution in [0.15, 0.2) is 59.3 Å². The maximum atomic E-state index is 11.1.